The Morgan fingerprint density at radius 2 is 1.95 bits per heavy atom. The van der Waals surface area contributed by atoms with Gasteiger partial charge < -0.3 is 10.6 Å². The number of hydrogen-bond donors (Lipinski definition) is 1. The number of pyridine rings is 1. The van der Waals surface area contributed by atoms with Crippen molar-refractivity contribution in [2.75, 3.05) is 19.6 Å². The van der Waals surface area contributed by atoms with E-state index < -0.39 is 0 Å². The van der Waals surface area contributed by atoms with Gasteiger partial charge in [-0.3, -0.25) is 9.39 Å². The molecule has 6 heteroatoms. The van der Waals surface area contributed by atoms with Crippen molar-refractivity contribution in [2.24, 2.45) is 10.7 Å². The minimum atomic E-state index is 0.702. The van der Waals surface area contributed by atoms with Crippen LogP contribution in [0.4, 0.5) is 0 Å². The van der Waals surface area contributed by atoms with E-state index in [-0.39, 0.29) is 0 Å². The summed E-state index contributed by atoms with van der Waals surface area (Å²) in [6, 6.07) is 5.93. The number of nitrogens with two attached hydrogens (primary N) is 1. The van der Waals surface area contributed by atoms with Crippen LogP contribution in [0.15, 0.2) is 29.4 Å². The summed E-state index contributed by atoms with van der Waals surface area (Å²) in [6.07, 6.45) is 8.86. The quantitative estimate of drug-likeness (QED) is 0.531. The molecule has 1 aliphatic heterocycles. The third-order valence-electron chi connectivity index (χ3n) is 4.15. The smallest absolute Gasteiger partial charge is 0.191 e. The summed E-state index contributed by atoms with van der Waals surface area (Å²) in [5.41, 5.74) is 7.00. The lowest BCUT2D eigenvalue weighted by Crippen LogP contribution is -2.38. The number of aliphatic imine (C=N–C) groups is 1. The molecule has 2 aromatic rings. The van der Waals surface area contributed by atoms with E-state index in [0.29, 0.717) is 5.96 Å². The number of aromatic nitrogens is 3. The second kappa shape index (κ2) is 7.24. The highest BCUT2D eigenvalue weighted by Gasteiger charge is 2.10. The molecule has 118 valence electrons. The fraction of sp³-hybridized carbons (Fsp3) is 0.562. The summed E-state index contributed by atoms with van der Waals surface area (Å²) < 4.78 is 2.03. The van der Waals surface area contributed by atoms with Crippen LogP contribution in [0, 0.1) is 0 Å². The Hall–Kier alpha value is -2.11. The van der Waals surface area contributed by atoms with Crippen molar-refractivity contribution in [2.45, 2.75) is 38.5 Å². The molecule has 3 rings (SSSR count). The molecule has 6 nitrogen and oxygen atoms in total. The van der Waals surface area contributed by atoms with Gasteiger partial charge in [0.05, 0.1) is 0 Å². The number of nitrogens with zero attached hydrogens (tertiary/aromatic N) is 5. The molecule has 0 aliphatic carbocycles. The van der Waals surface area contributed by atoms with Crippen LogP contribution in [0.2, 0.25) is 0 Å². The average Bonchev–Trinajstić information content (AvgIpc) is 2.77. The highest BCUT2D eigenvalue weighted by Crippen LogP contribution is 2.09. The third-order valence-corrected chi connectivity index (χ3v) is 4.15. The third kappa shape index (κ3) is 3.55. The van der Waals surface area contributed by atoms with Crippen LogP contribution >= 0.6 is 0 Å². The minimum Gasteiger partial charge on any atom is -0.370 e. The molecule has 0 amide bonds. The summed E-state index contributed by atoms with van der Waals surface area (Å²) in [5, 5.41) is 8.40. The fourth-order valence-corrected chi connectivity index (χ4v) is 2.89. The Bertz CT molecular complexity index is 624. The van der Waals surface area contributed by atoms with Gasteiger partial charge in [0.2, 0.25) is 0 Å². The van der Waals surface area contributed by atoms with Gasteiger partial charge >= 0.3 is 0 Å². The van der Waals surface area contributed by atoms with E-state index in [0.717, 1.165) is 43.9 Å². The minimum absolute atomic E-state index is 0.702. The van der Waals surface area contributed by atoms with Gasteiger partial charge in [0.15, 0.2) is 11.6 Å². The highest BCUT2D eigenvalue weighted by molar-refractivity contribution is 5.78. The van der Waals surface area contributed by atoms with Gasteiger partial charge in [-0.15, -0.1) is 10.2 Å². The maximum Gasteiger partial charge on any atom is 0.191 e. The van der Waals surface area contributed by atoms with E-state index in [2.05, 4.69) is 20.1 Å². The molecule has 0 aromatic carbocycles. The topological polar surface area (TPSA) is 71.8 Å². The Balaban J connectivity index is 1.51. The second-order valence-corrected chi connectivity index (χ2v) is 5.79. The zero-order valence-electron chi connectivity index (χ0n) is 13.0. The highest BCUT2D eigenvalue weighted by atomic mass is 15.3. The van der Waals surface area contributed by atoms with E-state index in [1.54, 1.807) is 0 Å². The molecule has 3 heterocycles. The number of rotatable bonds is 4. The molecule has 0 saturated carbocycles. The second-order valence-electron chi connectivity index (χ2n) is 5.79. The Kier molecular flexibility index (Phi) is 4.88. The molecule has 0 radical (unpaired) electrons. The Morgan fingerprint density at radius 3 is 2.77 bits per heavy atom. The first-order valence-corrected chi connectivity index (χ1v) is 8.18. The van der Waals surface area contributed by atoms with Crippen molar-refractivity contribution in [3.8, 4) is 0 Å². The standard InChI is InChI=1S/C16H24N6/c17-16(21-11-4-1-2-5-12-21)18-10-7-9-15-20-19-14-8-3-6-13-22(14)15/h3,6,8,13H,1-2,4-5,7,9-12H2,(H2,17,18). The molecular formula is C16H24N6. The van der Waals surface area contributed by atoms with Gasteiger partial charge in [-0.05, 0) is 31.4 Å². The van der Waals surface area contributed by atoms with Crippen molar-refractivity contribution in [1.29, 1.82) is 0 Å². The predicted molar refractivity (Wildman–Crippen MR) is 87.8 cm³/mol. The summed E-state index contributed by atoms with van der Waals surface area (Å²) in [6.45, 7) is 2.83. The first kappa shape index (κ1) is 14.8. The SMILES string of the molecule is NC(=NCCCc1nnc2ccccn12)N1CCCCCC1. The molecule has 22 heavy (non-hydrogen) atoms. The molecule has 1 fully saturated rings. The van der Waals surface area contributed by atoms with Crippen LogP contribution < -0.4 is 5.73 Å². The van der Waals surface area contributed by atoms with E-state index in [4.69, 9.17) is 5.73 Å². The summed E-state index contributed by atoms with van der Waals surface area (Å²) >= 11 is 0. The molecule has 0 spiro atoms. The van der Waals surface area contributed by atoms with Crippen LogP contribution in [0.1, 0.15) is 37.9 Å². The zero-order valence-corrected chi connectivity index (χ0v) is 13.0. The molecular weight excluding hydrogens is 276 g/mol. The summed E-state index contributed by atoms with van der Waals surface area (Å²) in [7, 11) is 0. The van der Waals surface area contributed by atoms with Gasteiger partial charge in [-0.1, -0.05) is 18.9 Å². The number of aryl methyl sites for hydroxylation is 1. The normalized spacial score (nSPS) is 16.9. The van der Waals surface area contributed by atoms with Crippen LogP contribution in [0.3, 0.4) is 0 Å². The van der Waals surface area contributed by atoms with Crippen LogP contribution in [0.25, 0.3) is 5.65 Å². The van der Waals surface area contributed by atoms with Gasteiger partial charge in [-0.2, -0.15) is 0 Å². The molecule has 0 atom stereocenters. The molecule has 1 aliphatic rings. The number of likely N-dealkylation sites (tertiary alicyclic amines) is 1. The predicted octanol–water partition coefficient (Wildman–Crippen LogP) is 1.85. The van der Waals surface area contributed by atoms with E-state index in [9.17, 15) is 0 Å². The lowest BCUT2D eigenvalue weighted by Gasteiger charge is -2.21. The monoisotopic (exact) mass is 300 g/mol. The van der Waals surface area contributed by atoms with Crippen molar-refractivity contribution in [3.05, 3.63) is 30.2 Å². The average molecular weight is 300 g/mol. The van der Waals surface area contributed by atoms with Crippen molar-refractivity contribution in [3.63, 3.8) is 0 Å². The maximum atomic E-state index is 6.11. The summed E-state index contributed by atoms with van der Waals surface area (Å²) in [4.78, 5) is 6.75. The van der Waals surface area contributed by atoms with Crippen molar-refractivity contribution < 1.29 is 0 Å². The molecule has 2 aromatic heterocycles. The molecule has 1 saturated heterocycles. The fourth-order valence-electron chi connectivity index (χ4n) is 2.89. The molecule has 0 bridgehead atoms. The van der Waals surface area contributed by atoms with Gasteiger partial charge in [0.25, 0.3) is 0 Å². The van der Waals surface area contributed by atoms with E-state index >= 15 is 0 Å². The van der Waals surface area contributed by atoms with Crippen LogP contribution in [-0.4, -0.2) is 45.1 Å². The largest absolute Gasteiger partial charge is 0.370 e. The van der Waals surface area contributed by atoms with Crippen molar-refractivity contribution >= 4 is 11.6 Å². The van der Waals surface area contributed by atoms with Gasteiger partial charge in [-0.25, -0.2) is 0 Å². The lowest BCUT2D eigenvalue weighted by molar-refractivity contribution is 0.428. The molecule has 2 N–H and O–H groups in total. The lowest BCUT2D eigenvalue weighted by atomic mass is 10.2. The van der Waals surface area contributed by atoms with Crippen LogP contribution in [0.5, 0.6) is 0 Å². The maximum absolute atomic E-state index is 6.11. The van der Waals surface area contributed by atoms with Gasteiger partial charge in [0.1, 0.15) is 5.82 Å². The Labute approximate surface area is 131 Å². The summed E-state index contributed by atoms with van der Waals surface area (Å²) in [5.74, 6) is 1.69. The molecule has 0 unspecified atom stereocenters. The zero-order chi connectivity index (χ0) is 15.2. The van der Waals surface area contributed by atoms with E-state index in [1.807, 2.05) is 28.8 Å². The number of fused-ring (bicyclic) bond motifs is 1. The van der Waals surface area contributed by atoms with Crippen LogP contribution in [-0.2, 0) is 6.42 Å². The first-order chi connectivity index (χ1) is 10.8. The van der Waals surface area contributed by atoms with Gasteiger partial charge in [0, 0.05) is 32.3 Å². The van der Waals surface area contributed by atoms with Crippen molar-refractivity contribution in [1.82, 2.24) is 19.5 Å². The van der Waals surface area contributed by atoms with E-state index in [1.165, 1.54) is 25.7 Å². The number of guanidine groups is 1. The Morgan fingerprint density at radius 1 is 1.14 bits per heavy atom. The first-order valence-electron chi connectivity index (χ1n) is 8.18. The number of hydrogen-bond acceptors (Lipinski definition) is 3.